The van der Waals surface area contributed by atoms with Gasteiger partial charge in [0.1, 0.15) is 10.1 Å². The monoisotopic (exact) mass is 386 g/mol. The molecule has 0 atom stereocenters. The number of aryl methyl sites for hydroxylation is 2. The van der Waals surface area contributed by atoms with Gasteiger partial charge in [-0.1, -0.05) is 57.7 Å². The molecule has 3 nitrogen and oxygen atoms in total. The van der Waals surface area contributed by atoms with Crippen LogP contribution in [0.3, 0.4) is 0 Å². The minimum absolute atomic E-state index is 0. The van der Waals surface area contributed by atoms with Crippen molar-refractivity contribution in [2.75, 3.05) is 0 Å². The van der Waals surface area contributed by atoms with Crippen LogP contribution >= 0.6 is 0 Å². The van der Waals surface area contributed by atoms with Crippen LogP contribution in [-0.4, -0.2) is 13.0 Å². The first-order valence-corrected chi connectivity index (χ1v) is 10.4. The normalized spacial score (nSPS) is 11.5. The molecule has 0 aliphatic heterocycles. The number of rotatable bonds is 9. The van der Waals surface area contributed by atoms with E-state index >= 15 is 0 Å². The molecule has 0 amide bonds. The average molecular weight is 387 g/mol. The maximum absolute atomic E-state index is 11.6. The van der Waals surface area contributed by atoms with Crippen LogP contribution in [0, 0.1) is 0 Å². The van der Waals surface area contributed by atoms with Crippen molar-refractivity contribution in [1.82, 2.24) is 0 Å². The first kappa shape index (κ1) is 23.3. The fourth-order valence-electron chi connectivity index (χ4n) is 3.20. The zero-order valence-corrected chi connectivity index (χ0v) is 19.6. The van der Waals surface area contributed by atoms with Gasteiger partial charge in [0.05, 0.1) is 4.90 Å². The quantitative estimate of drug-likeness (QED) is 0.377. The summed E-state index contributed by atoms with van der Waals surface area (Å²) in [6.45, 7) is 4.36. The molecule has 0 fully saturated rings. The van der Waals surface area contributed by atoms with Crippen molar-refractivity contribution in [3.63, 3.8) is 0 Å². The van der Waals surface area contributed by atoms with Crippen molar-refractivity contribution < 1.29 is 64.4 Å². The van der Waals surface area contributed by atoms with Crippen LogP contribution in [0.25, 0.3) is 10.8 Å². The molecule has 0 aliphatic rings. The molecule has 0 aliphatic carbocycles. The Kier molecular flexibility index (Phi) is 10.4. The van der Waals surface area contributed by atoms with Crippen LogP contribution in [0.2, 0.25) is 0 Å². The van der Waals surface area contributed by atoms with Crippen molar-refractivity contribution >= 4 is 20.9 Å². The molecule has 0 saturated heterocycles. The van der Waals surface area contributed by atoms with Crippen LogP contribution < -0.4 is 51.4 Å². The summed E-state index contributed by atoms with van der Waals surface area (Å²) in [6.07, 6.45) is 8.88. The van der Waals surface area contributed by atoms with Gasteiger partial charge in [-0.2, -0.15) is 0 Å². The van der Waals surface area contributed by atoms with Crippen LogP contribution in [-0.2, 0) is 23.0 Å². The van der Waals surface area contributed by atoms with Crippen LogP contribution in [0.15, 0.2) is 35.2 Å². The van der Waals surface area contributed by atoms with Crippen LogP contribution in [0.4, 0.5) is 0 Å². The van der Waals surface area contributed by atoms with Gasteiger partial charge in [-0.15, -0.1) is 0 Å². The predicted octanol–water partition coefficient (Wildman–Crippen LogP) is 2.21. The molecular weight excluding hydrogens is 359 g/mol. The Bertz CT molecular complexity index is 785. The maximum Gasteiger partial charge on any atom is 1.00 e. The fourth-order valence-corrected chi connectivity index (χ4v) is 3.89. The average Bonchev–Trinajstić information content (AvgIpc) is 2.54. The third-order valence-corrected chi connectivity index (χ3v) is 5.42. The van der Waals surface area contributed by atoms with E-state index in [1.54, 1.807) is 6.07 Å². The Morgan fingerprint density at radius 3 is 1.96 bits per heavy atom. The third-order valence-electron chi connectivity index (χ3n) is 4.53. The minimum atomic E-state index is -4.46. The van der Waals surface area contributed by atoms with Crippen molar-refractivity contribution in [2.24, 2.45) is 0 Å². The maximum atomic E-state index is 11.6. The Morgan fingerprint density at radius 1 is 0.880 bits per heavy atom. The van der Waals surface area contributed by atoms with E-state index in [0.717, 1.165) is 43.9 Å². The van der Waals surface area contributed by atoms with Gasteiger partial charge in [0.25, 0.3) is 0 Å². The minimum Gasteiger partial charge on any atom is -0.744 e. The predicted molar refractivity (Wildman–Crippen MR) is 98.4 cm³/mol. The molecule has 0 saturated carbocycles. The van der Waals surface area contributed by atoms with E-state index in [9.17, 15) is 13.0 Å². The topological polar surface area (TPSA) is 57.2 Å². The molecule has 0 unspecified atom stereocenters. The van der Waals surface area contributed by atoms with Crippen molar-refractivity contribution in [3.05, 3.63) is 41.5 Å². The summed E-state index contributed by atoms with van der Waals surface area (Å²) in [5.41, 5.74) is 2.50. The Balaban J connectivity index is 0.00000312. The first-order chi connectivity index (χ1) is 11.5. The van der Waals surface area contributed by atoms with E-state index in [4.69, 9.17) is 0 Å². The molecule has 2 rings (SSSR count). The van der Waals surface area contributed by atoms with Crippen molar-refractivity contribution in [3.8, 4) is 0 Å². The summed E-state index contributed by atoms with van der Waals surface area (Å²) >= 11 is 0. The van der Waals surface area contributed by atoms with Gasteiger partial charge in [-0.05, 0) is 59.7 Å². The third kappa shape index (κ3) is 6.72. The molecule has 25 heavy (non-hydrogen) atoms. The van der Waals surface area contributed by atoms with E-state index < -0.39 is 10.1 Å². The van der Waals surface area contributed by atoms with Crippen LogP contribution in [0.1, 0.15) is 63.5 Å². The molecule has 2 aromatic carbocycles. The number of unbranched alkanes of at least 4 members (excludes halogenated alkanes) is 4. The second-order valence-electron chi connectivity index (χ2n) is 6.47. The second-order valence-corrected chi connectivity index (χ2v) is 7.81. The van der Waals surface area contributed by atoms with Gasteiger partial charge in [0.15, 0.2) is 0 Å². The molecule has 0 N–H and O–H groups in total. The van der Waals surface area contributed by atoms with Gasteiger partial charge >= 0.3 is 51.4 Å². The van der Waals surface area contributed by atoms with Crippen molar-refractivity contribution in [1.29, 1.82) is 0 Å². The van der Waals surface area contributed by atoms with Gasteiger partial charge in [-0.25, -0.2) is 8.42 Å². The van der Waals surface area contributed by atoms with Crippen molar-refractivity contribution in [2.45, 2.75) is 70.1 Å². The zero-order valence-electron chi connectivity index (χ0n) is 15.7. The number of hydrogen-bond acceptors (Lipinski definition) is 3. The summed E-state index contributed by atoms with van der Waals surface area (Å²) in [5.74, 6) is 0. The van der Waals surface area contributed by atoms with Crippen LogP contribution in [0.5, 0.6) is 0 Å². The molecule has 132 valence electrons. The molecule has 0 radical (unpaired) electrons. The molecule has 0 spiro atoms. The van der Waals surface area contributed by atoms with E-state index in [0.29, 0.717) is 5.39 Å². The summed E-state index contributed by atoms with van der Waals surface area (Å²) in [5, 5.41) is 1.41. The summed E-state index contributed by atoms with van der Waals surface area (Å²) in [7, 11) is -4.46. The standard InChI is InChI=1S/C20H28O3S.K/c1-3-5-7-10-16-14-18-12-9-13-20(24(21,22)23)19(18)15-17(16)11-8-6-4-2;/h9,12-15H,3-8,10-11H2,1-2H3,(H,21,22,23);/q;+1/p-1. The van der Waals surface area contributed by atoms with E-state index in [1.165, 1.54) is 30.0 Å². The smallest absolute Gasteiger partial charge is 0.744 e. The fraction of sp³-hybridized carbons (Fsp3) is 0.500. The van der Waals surface area contributed by atoms with E-state index in [-0.39, 0.29) is 56.3 Å². The largest absolute Gasteiger partial charge is 1.00 e. The Hall–Kier alpha value is 0.246. The first-order valence-electron chi connectivity index (χ1n) is 8.97. The van der Waals surface area contributed by atoms with E-state index in [2.05, 4.69) is 19.9 Å². The summed E-state index contributed by atoms with van der Waals surface area (Å²) < 4.78 is 34.7. The molecule has 5 heteroatoms. The molecule has 2 aromatic rings. The molecule has 0 bridgehead atoms. The van der Waals surface area contributed by atoms with E-state index in [1.807, 2.05) is 12.1 Å². The molecular formula is C20H27KO3S. The SMILES string of the molecule is CCCCCc1cc2cccc(S(=O)(=O)[O-])c2cc1CCCCC.[K+]. The molecule has 0 heterocycles. The number of hydrogen-bond donors (Lipinski definition) is 0. The van der Waals surface area contributed by atoms with Gasteiger partial charge in [-0.3, -0.25) is 0 Å². The summed E-state index contributed by atoms with van der Waals surface area (Å²) in [6, 6.07) is 8.98. The number of fused-ring (bicyclic) bond motifs is 1. The zero-order chi connectivity index (χ0) is 17.6. The van der Waals surface area contributed by atoms with Gasteiger partial charge < -0.3 is 4.55 Å². The van der Waals surface area contributed by atoms with Gasteiger partial charge in [0.2, 0.25) is 0 Å². The summed E-state index contributed by atoms with van der Waals surface area (Å²) in [4.78, 5) is -0.100. The molecule has 0 aromatic heterocycles. The Labute approximate surface area is 194 Å². The van der Waals surface area contributed by atoms with Gasteiger partial charge in [0, 0.05) is 0 Å². The second kappa shape index (κ2) is 11.2. The Morgan fingerprint density at radius 2 is 1.44 bits per heavy atom. The number of benzene rings is 2.